The van der Waals surface area contributed by atoms with Crippen LogP contribution in [-0.2, 0) is 11.8 Å². The summed E-state index contributed by atoms with van der Waals surface area (Å²) in [6.45, 7) is 3.51. The molecule has 2 amide bonds. The first-order chi connectivity index (χ1) is 11.1. The molecule has 122 valence electrons. The molecule has 0 radical (unpaired) electrons. The van der Waals surface area contributed by atoms with E-state index < -0.39 is 0 Å². The van der Waals surface area contributed by atoms with Crippen molar-refractivity contribution in [1.29, 1.82) is 0 Å². The average Bonchev–Trinajstić information content (AvgIpc) is 3.02. The van der Waals surface area contributed by atoms with E-state index in [0.29, 0.717) is 19.7 Å². The highest BCUT2D eigenvalue weighted by atomic mass is 16.5. The number of carbonyl (C=O) groups is 1. The van der Waals surface area contributed by atoms with Crippen molar-refractivity contribution in [2.45, 2.75) is 19.1 Å². The summed E-state index contributed by atoms with van der Waals surface area (Å²) >= 11 is 0. The van der Waals surface area contributed by atoms with Gasteiger partial charge in [0.25, 0.3) is 0 Å². The molecule has 0 bridgehead atoms. The van der Waals surface area contributed by atoms with Gasteiger partial charge in [-0.05, 0) is 12.5 Å². The lowest BCUT2D eigenvalue weighted by Crippen LogP contribution is -2.48. The monoisotopic (exact) mass is 315 g/mol. The molecule has 2 aromatic rings. The lowest BCUT2D eigenvalue weighted by Gasteiger charge is -2.33. The number of ether oxygens (including phenoxy) is 1. The van der Waals surface area contributed by atoms with Gasteiger partial charge in [-0.15, -0.1) is 10.2 Å². The average molecular weight is 315 g/mol. The van der Waals surface area contributed by atoms with Crippen LogP contribution in [0.4, 0.5) is 4.79 Å². The number of amides is 2. The first-order valence-electron chi connectivity index (χ1n) is 7.71. The number of carbonyl (C=O) groups excluding carboxylic acids is 1. The third kappa shape index (κ3) is 3.50. The predicted octanol–water partition coefficient (Wildman–Crippen LogP) is 1.66. The van der Waals surface area contributed by atoms with E-state index in [9.17, 15) is 4.79 Å². The number of hydrogen-bond donors (Lipinski definition) is 1. The molecule has 23 heavy (non-hydrogen) atoms. The maximum absolute atomic E-state index is 12.5. The molecular weight excluding hydrogens is 294 g/mol. The molecule has 2 unspecified atom stereocenters. The fourth-order valence-electron chi connectivity index (χ4n) is 2.68. The number of aromatic nitrogens is 3. The molecule has 1 aliphatic rings. The fraction of sp³-hybridized carbons (Fsp3) is 0.438. The molecule has 1 aromatic carbocycles. The Morgan fingerprint density at radius 1 is 1.39 bits per heavy atom. The van der Waals surface area contributed by atoms with Gasteiger partial charge in [-0.2, -0.15) is 0 Å². The van der Waals surface area contributed by atoms with Gasteiger partial charge in [-0.3, -0.25) is 0 Å². The minimum atomic E-state index is -0.242. The van der Waals surface area contributed by atoms with Crippen molar-refractivity contribution in [3.63, 3.8) is 0 Å². The summed E-state index contributed by atoms with van der Waals surface area (Å²) in [4.78, 5) is 14.3. The Bertz CT molecular complexity index is 658. The molecule has 7 nitrogen and oxygen atoms in total. The third-order valence-electron chi connectivity index (χ3n) is 4.03. The molecule has 1 aliphatic heterocycles. The van der Waals surface area contributed by atoms with Crippen LogP contribution in [0.3, 0.4) is 0 Å². The zero-order valence-electron chi connectivity index (χ0n) is 13.3. The third-order valence-corrected chi connectivity index (χ3v) is 4.03. The van der Waals surface area contributed by atoms with Crippen LogP contribution >= 0.6 is 0 Å². The number of rotatable bonds is 3. The SMILES string of the molecule is CC(NC(=O)N1CCOC(c2nncn2C)C1)c1ccccc1. The van der Waals surface area contributed by atoms with Crippen molar-refractivity contribution in [2.24, 2.45) is 7.05 Å². The van der Waals surface area contributed by atoms with E-state index >= 15 is 0 Å². The smallest absolute Gasteiger partial charge is 0.318 e. The lowest BCUT2D eigenvalue weighted by molar-refractivity contribution is -0.0217. The van der Waals surface area contributed by atoms with Gasteiger partial charge in [0.2, 0.25) is 0 Å². The molecule has 0 aliphatic carbocycles. The normalized spacial score (nSPS) is 19.4. The summed E-state index contributed by atoms with van der Waals surface area (Å²) in [6, 6.07) is 9.79. The first-order valence-corrected chi connectivity index (χ1v) is 7.71. The molecule has 1 saturated heterocycles. The Kier molecular flexibility index (Phi) is 4.57. The van der Waals surface area contributed by atoms with E-state index in [1.54, 1.807) is 11.2 Å². The van der Waals surface area contributed by atoms with Gasteiger partial charge in [0.15, 0.2) is 5.82 Å². The maximum Gasteiger partial charge on any atom is 0.318 e. The summed E-state index contributed by atoms with van der Waals surface area (Å²) in [6.07, 6.45) is 1.39. The van der Waals surface area contributed by atoms with Crippen molar-refractivity contribution >= 4 is 6.03 Å². The second kappa shape index (κ2) is 6.78. The van der Waals surface area contributed by atoms with Crippen LogP contribution in [0.1, 0.15) is 30.5 Å². The minimum Gasteiger partial charge on any atom is -0.366 e. The van der Waals surface area contributed by atoms with Crippen LogP contribution in [0.25, 0.3) is 0 Å². The Morgan fingerprint density at radius 3 is 2.87 bits per heavy atom. The standard InChI is InChI=1S/C16H21N5O2/c1-12(13-6-4-3-5-7-13)18-16(22)21-8-9-23-14(10-21)15-19-17-11-20(15)2/h3-7,11-12,14H,8-10H2,1-2H3,(H,18,22). The first kappa shape index (κ1) is 15.5. The molecule has 2 atom stereocenters. The molecular formula is C16H21N5O2. The molecule has 7 heteroatoms. The Balaban J connectivity index is 1.62. The minimum absolute atomic E-state index is 0.0418. The van der Waals surface area contributed by atoms with Crippen LogP contribution in [0.5, 0.6) is 0 Å². The molecule has 0 saturated carbocycles. The van der Waals surface area contributed by atoms with Crippen molar-refractivity contribution < 1.29 is 9.53 Å². The molecule has 0 spiro atoms. The second-order valence-electron chi connectivity index (χ2n) is 5.69. The van der Waals surface area contributed by atoms with Crippen LogP contribution in [0.15, 0.2) is 36.7 Å². The van der Waals surface area contributed by atoms with Crippen molar-refractivity contribution in [1.82, 2.24) is 25.0 Å². The number of nitrogens with zero attached hydrogens (tertiary/aromatic N) is 4. The molecule has 1 fully saturated rings. The molecule has 2 heterocycles. The fourth-order valence-corrected chi connectivity index (χ4v) is 2.68. The number of nitrogens with one attached hydrogen (secondary N) is 1. The van der Waals surface area contributed by atoms with E-state index in [1.165, 1.54) is 0 Å². The van der Waals surface area contributed by atoms with Gasteiger partial charge in [0.05, 0.1) is 19.2 Å². The maximum atomic E-state index is 12.5. The topological polar surface area (TPSA) is 72.3 Å². The Hall–Kier alpha value is -2.41. The largest absolute Gasteiger partial charge is 0.366 e. The van der Waals surface area contributed by atoms with Gasteiger partial charge in [-0.1, -0.05) is 30.3 Å². The highest BCUT2D eigenvalue weighted by molar-refractivity contribution is 5.74. The summed E-state index contributed by atoms with van der Waals surface area (Å²) in [7, 11) is 1.87. The Labute approximate surface area is 135 Å². The number of benzene rings is 1. The van der Waals surface area contributed by atoms with Crippen LogP contribution in [0.2, 0.25) is 0 Å². The summed E-state index contributed by atoms with van der Waals surface area (Å²) < 4.78 is 7.55. The Morgan fingerprint density at radius 2 is 2.17 bits per heavy atom. The van der Waals surface area contributed by atoms with Gasteiger partial charge in [0.1, 0.15) is 12.4 Å². The zero-order chi connectivity index (χ0) is 16.2. The van der Waals surface area contributed by atoms with E-state index in [1.807, 2.05) is 48.9 Å². The highest BCUT2D eigenvalue weighted by Gasteiger charge is 2.28. The van der Waals surface area contributed by atoms with Gasteiger partial charge in [-0.25, -0.2) is 4.79 Å². The predicted molar refractivity (Wildman–Crippen MR) is 84.7 cm³/mol. The number of aryl methyl sites for hydroxylation is 1. The van der Waals surface area contributed by atoms with Crippen molar-refractivity contribution in [3.05, 3.63) is 48.0 Å². The highest BCUT2D eigenvalue weighted by Crippen LogP contribution is 2.20. The number of urea groups is 1. The zero-order valence-corrected chi connectivity index (χ0v) is 13.3. The molecule has 3 rings (SSSR count). The van der Waals surface area contributed by atoms with E-state index in [4.69, 9.17) is 4.74 Å². The summed E-state index contributed by atoms with van der Waals surface area (Å²) in [5.41, 5.74) is 1.08. The van der Waals surface area contributed by atoms with Crippen LogP contribution < -0.4 is 5.32 Å². The van der Waals surface area contributed by atoms with Crippen LogP contribution in [-0.4, -0.2) is 45.4 Å². The number of hydrogen-bond acceptors (Lipinski definition) is 4. The van der Waals surface area contributed by atoms with Gasteiger partial charge in [0, 0.05) is 13.6 Å². The van der Waals surface area contributed by atoms with Crippen molar-refractivity contribution in [2.75, 3.05) is 19.7 Å². The quantitative estimate of drug-likeness (QED) is 0.935. The van der Waals surface area contributed by atoms with Crippen molar-refractivity contribution in [3.8, 4) is 0 Å². The summed E-state index contributed by atoms with van der Waals surface area (Å²) in [5, 5.41) is 11.0. The van der Waals surface area contributed by atoms with Gasteiger partial charge < -0.3 is 19.5 Å². The number of morpholine rings is 1. The lowest BCUT2D eigenvalue weighted by atomic mass is 10.1. The molecule has 1 aromatic heterocycles. The van der Waals surface area contributed by atoms with Gasteiger partial charge >= 0.3 is 6.03 Å². The van der Waals surface area contributed by atoms with Crippen LogP contribution in [0, 0.1) is 0 Å². The molecule has 1 N–H and O–H groups in total. The van der Waals surface area contributed by atoms with E-state index in [0.717, 1.165) is 11.4 Å². The summed E-state index contributed by atoms with van der Waals surface area (Å²) in [5.74, 6) is 0.735. The van der Waals surface area contributed by atoms with E-state index in [2.05, 4.69) is 15.5 Å². The van der Waals surface area contributed by atoms with E-state index in [-0.39, 0.29) is 18.2 Å². The second-order valence-corrected chi connectivity index (χ2v) is 5.69.